The van der Waals surface area contributed by atoms with Crippen LogP contribution in [0.2, 0.25) is 0 Å². The van der Waals surface area contributed by atoms with Crippen molar-refractivity contribution in [2.75, 3.05) is 20.6 Å². The zero-order valence-corrected chi connectivity index (χ0v) is 7.19. The van der Waals surface area contributed by atoms with Crippen LogP contribution in [0.25, 0.3) is 0 Å². The molecular formula is C9H21N. The molecule has 0 fully saturated rings. The fourth-order valence-corrected chi connectivity index (χ4v) is 0.953. The molecule has 0 unspecified atom stereocenters. The summed E-state index contributed by atoms with van der Waals surface area (Å²) in [7, 11) is 1.66. The SMILES string of the molecule is [2H]C([2H])([2H])N(C)CCCCCCC. The Bertz CT molecular complexity index is 123. The molecule has 0 aliphatic rings. The smallest absolute Gasteiger partial charge is 0.0394 e. The quantitative estimate of drug-likeness (QED) is 0.520. The van der Waals surface area contributed by atoms with Crippen LogP contribution in [0.1, 0.15) is 43.1 Å². The van der Waals surface area contributed by atoms with E-state index in [1.54, 1.807) is 7.05 Å². The molecule has 0 aliphatic heterocycles. The number of nitrogens with zero attached hydrogens (tertiary/aromatic N) is 1. The first-order valence-corrected chi connectivity index (χ1v) is 4.19. The second kappa shape index (κ2) is 7.07. The van der Waals surface area contributed by atoms with E-state index >= 15 is 0 Å². The van der Waals surface area contributed by atoms with Gasteiger partial charge >= 0.3 is 0 Å². The van der Waals surface area contributed by atoms with Gasteiger partial charge in [0.15, 0.2) is 0 Å². The van der Waals surface area contributed by atoms with Gasteiger partial charge in [-0.1, -0.05) is 32.6 Å². The van der Waals surface area contributed by atoms with E-state index in [0.717, 1.165) is 12.8 Å². The van der Waals surface area contributed by atoms with E-state index in [4.69, 9.17) is 4.11 Å². The Hall–Kier alpha value is -0.0400. The molecule has 1 heteroatoms. The molecule has 0 aromatic carbocycles. The van der Waals surface area contributed by atoms with E-state index in [1.807, 2.05) is 0 Å². The standard InChI is InChI=1S/C9H21N/c1-4-5-6-7-8-9-10(2)3/h4-9H2,1-3H3/i2D3. The third kappa shape index (κ3) is 7.96. The highest BCUT2D eigenvalue weighted by Gasteiger charge is 1.89. The number of hydrogen-bond acceptors (Lipinski definition) is 1. The molecule has 0 N–H and O–H groups in total. The van der Waals surface area contributed by atoms with Crippen LogP contribution in [0.5, 0.6) is 0 Å². The van der Waals surface area contributed by atoms with Gasteiger partial charge in [0, 0.05) is 4.11 Å². The maximum atomic E-state index is 7.11. The fraction of sp³-hybridized carbons (Fsp3) is 1.00. The molecule has 0 heterocycles. The summed E-state index contributed by atoms with van der Waals surface area (Å²) in [6.45, 7) is 0.944. The average Bonchev–Trinajstić information content (AvgIpc) is 2.02. The molecule has 0 saturated heterocycles. The van der Waals surface area contributed by atoms with Gasteiger partial charge in [-0.3, -0.25) is 0 Å². The van der Waals surface area contributed by atoms with Crippen LogP contribution < -0.4 is 0 Å². The van der Waals surface area contributed by atoms with Gasteiger partial charge in [0.1, 0.15) is 0 Å². The van der Waals surface area contributed by atoms with Gasteiger partial charge in [0.05, 0.1) is 0 Å². The van der Waals surface area contributed by atoms with Crippen LogP contribution in [-0.2, 0) is 0 Å². The molecular weight excluding hydrogens is 122 g/mol. The molecule has 0 aromatic rings. The minimum atomic E-state index is -1.91. The summed E-state index contributed by atoms with van der Waals surface area (Å²) >= 11 is 0. The molecule has 0 radical (unpaired) electrons. The maximum Gasteiger partial charge on any atom is 0.0394 e. The highest BCUT2D eigenvalue weighted by atomic mass is 15.0. The molecule has 62 valence electrons. The molecule has 0 bridgehead atoms. The lowest BCUT2D eigenvalue weighted by atomic mass is 10.1. The van der Waals surface area contributed by atoms with Gasteiger partial charge in [0.2, 0.25) is 0 Å². The minimum absolute atomic E-state index is 0.681. The first-order chi connectivity index (χ1) is 5.98. The lowest BCUT2D eigenvalue weighted by molar-refractivity contribution is 0.390. The van der Waals surface area contributed by atoms with Crippen LogP contribution in [0.3, 0.4) is 0 Å². The van der Waals surface area contributed by atoms with Gasteiger partial charge in [-0.15, -0.1) is 0 Å². The van der Waals surface area contributed by atoms with Crippen molar-refractivity contribution in [3.63, 3.8) is 0 Å². The molecule has 0 aliphatic carbocycles. The Morgan fingerprint density at radius 1 is 1.20 bits per heavy atom. The van der Waals surface area contributed by atoms with E-state index in [9.17, 15) is 0 Å². The Morgan fingerprint density at radius 3 is 2.50 bits per heavy atom. The molecule has 0 rings (SSSR count). The first kappa shape index (κ1) is 5.59. The van der Waals surface area contributed by atoms with Gasteiger partial charge in [-0.2, -0.15) is 0 Å². The molecule has 0 amide bonds. The molecule has 0 aromatic heterocycles. The molecule has 0 spiro atoms. The van der Waals surface area contributed by atoms with E-state index < -0.39 is 6.98 Å². The first-order valence-electron chi connectivity index (χ1n) is 5.69. The maximum absolute atomic E-state index is 7.11. The van der Waals surface area contributed by atoms with Gasteiger partial charge in [-0.05, 0) is 27.0 Å². The Kier molecular flexibility index (Phi) is 3.95. The largest absolute Gasteiger partial charge is 0.309 e. The van der Waals surface area contributed by atoms with E-state index in [2.05, 4.69) is 6.92 Å². The van der Waals surface area contributed by atoms with Crippen molar-refractivity contribution in [2.24, 2.45) is 0 Å². The minimum Gasteiger partial charge on any atom is -0.309 e. The molecule has 1 nitrogen and oxygen atoms in total. The Labute approximate surface area is 69.6 Å². The highest BCUT2D eigenvalue weighted by molar-refractivity contribution is 4.45. The molecule has 0 saturated carbocycles. The summed E-state index contributed by atoms with van der Waals surface area (Å²) < 4.78 is 21.3. The lowest BCUT2D eigenvalue weighted by Gasteiger charge is -2.07. The topological polar surface area (TPSA) is 3.24 Å². The van der Waals surface area contributed by atoms with Crippen molar-refractivity contribution in [2.45, 2.75) is 39.0 Å². The number of unbranched alkanes of at least 4 members (excludes halogenated alkanes) is 4. The van der Waals surface area contributed by atoms with Crippen LogP contribution in [0.4, 0.5) is 0 Å². The second-order valence-corrected chi connectivity index (χ2v) is 2.84. The van der Waals surface area contributed by atoms with Crippen LogP contribution in [-0.4, -0.2) is 25.5 Å². The Balaban J connectivity index is 3.32. The fourth-order valence-electron chi connectivity index (χ4n) is 0.953. The summed E-state index contributed by atoms with van der Waals surface area (Å²) in [4.78, 5) is 1.44. The zero-order chi connectivity index (χ0) is 10.3. The van der Waals surface area contributed by atoms with Gasteiger partial charge in [0.25, 0.3) is 0 Å². The van der Waals surface area contributed by atoms with Crippen LogP contribution in [0, 0.1) is 0 Å². The number of hydrogen-bond donors (Lipinski definition) is 0. The number of rotatable bonds is 6. The van der Waals surface area contributed by atoms with Crippen LogP contribution in [0.15, 0.2) is 0 Å². The van der Waals surface area contributed by atoms with Crippen molar-refractivity contribution in [1.29, 1.82) is 0 Å². The third-order valence-electron chi connectivity index (χ3n) is 1.60. The lowest BCUT2D eigenvalue weighted by Crippen LogP contribution is -2.12. The average molecular weight is 146 g/mol. The summed E-state index contributed by atoms with van der Waals surface area (Å²) in [6, 6.07) is 0. The van der Waals surface area contributed by atoms with Crippen molar-refractivity contribution in [3.8, 4) is 0 Å². The predicted octanol–water partition coefficient (Wildman–Crippen LogP) is 2.52. The van der Waals surface area contributed by atoms with E-state index in [0.29, 0.717) is 6.54 Å². The van der Waals surface area contributed by atoms with Crippen molar-refractivity contribution in [1.82, 2.24) is 4.90 Å². The third-order valence-corrected chi connectivity index (χ3v) is 1.60. The highest BCUT2D eigenvalue weighted by Crippen LogP contribution is 2.01. The summed E-state index contributed by atoms with van der Waals surface area (Å²) in [5.74, 6) is 0. The second-order valence-electron chi connectivity index (χ2n) is 2.84. The summed E-state index contributed by atoms with van der Waals surface area (Å²) in [5, 5.41) is 0. The Morgan fingerprint density at radius 2 is 1.90 bits per heavy atom. The zero-order valence-electron chi connectivity index (χ0n) is 10.2. The van der Waals surface area contributed by atoms with Crippen LogP contribution >= 0.6 is 0 Å². The predicted molar refractivity (Wildman–Crippen MR) is 47.3 cm³/mol. The van der Waals surface area contributed by atoms with Crippen molar-refractivity contribution >= 4 is 0 Å². The summed E-state index contributed by atoms with van der Waals surface area (Å²) in [5.41, 5.74) is 0. The van der Waals surface area contributed by atoms with Crippen molar-refractivity contribution in [3.05, 3.63) is 0 Å². The normalized spacial score (nSPS) is 16.5. The van der Waals surface area contributed by atoms with Crippen molar-refractivity contribution < 1.29 is 4.11 Å². The van der Waals surface area contributed by atoms with E-state index in [-0.39, 0.29) is 0 Å². The van der Waals surface area contributed by atoms with Gasteiger partial charge < -0.3 is 4.90 Å². The molecule has 10 heavy (non-hydrogen) atoms. The monoisotopic (exact) mass is 146 g/mol. The van der Waals surface area contributed by atoms with E-state index in [1.165, 1.54) is 24.2 Å². The molecule has 0 atom stereocenters. The summed E-state index contributed by atoms with van der Waals surface area (Å²) in [6.07, 6.45) is 5.86. The van der Waals surface area contributed by atoms with Gasteiger partial charge in [-0.25, -0.2) is 0 Å².